The van der Waals surface area contributed by atoms with Gasteiger partial charge in [-0.05, 0) is 31.0 Å². The van der Waals surface area contributed by atoms with E-state index in [0.29, 0.717) is 0 Å². The third-order valence-corrected chi connectivity index (χ3v) is 1.87. The highest BCUT2D eigenvalue weighted by Gasteiger charge is 1.95. The molecular formula is C10H17NO. The Hall–Kier alpha value is -1.02. The van der Waals surface area contributed by atoms with Gasteiger partial charge in [-0.15, -0.1) is 0 Å². The smallest absolute Gasteiger partial charge is 0.0369 e. The lowest BCUT2D eigenvalue weighted by atomic mass is 10.1. The van der Waals surface area contributed by atoms with E-state index in [4.69, 9.17) is 5.11 Å². The molecule has 1 rings (SSSR count). The third kappa shape index (κ3) is 2.55. The molecule has 0 unspecified atom stereocenters. The molecule has 12 heavy (non-hydrogen) atoms. The maximum Gasteiger partial charge on any atom is 0.0369 e. The summed E-state index contributed by atoms with van der Waals surface area (Å²) < 4.78 is 0. The van der Waals surface area contributed by atoms with Crippen LogP contribution in [0, 0.1) is 13.8 Å². The molecule has 0 spiro atoms. The molecule has 1 aromatic carbocycles. The van der Waals surface area contributed by atoms with E-state index in [1.807, 2.05) is 7.05 Å². The number of aliphatic hydroxyl groups excluding tert-OH is 1. The van der Waals surface area contributed by atoms with E-state index >= 15 is 0 Å². The van der Waals surface area contributed by atoms with Gasteiger partial charge in [-0.1, -0.05) is 12.1 Å². The lowest BCUT2D eigenvalue weighted by molar-refractivity contribution is 0.399. The second kappa shape index (κ2) is 5.61. The van der Waals surface area contributed by atoms with Crippen LogP contribution < -0.4 is 5.32 Å². The van der Waals surface area contributed by atoms with Gasteiger partial charge in [0.25, 0.3) is 0 Å². The Balaban J connectivity index is 0.000000561. The van der Waals surface area contributed by atoms with Crippen LogP contribution in [-0.4, -0.2) is 19.3 Å². The summed E-state index contributed by atoms with van der Waals surface area (Å²) >= 11 is 0. The fourth-order valence-corrected chi connectivity index (χ4v) is 1.02. The summed E-state index contributed by atoms with van der Waals surface area (Å²) in [7, 11) is 2.95. The molecule has 2 N–H and O–H groups in total. The average Bonchev–Trinajstić information content (AvgIpc) is 2.13. The number of nitrogens with one attached hydrogen (secondary N) is 1. The molecule has 0 aromatic heterocycles. The Bertz CT molecular complexity index is 233. The molecule has 0 atom stereocenters. The lowest BCUT2D eigenvalue weighted by Crippen LogP contribution is -1.92. The number of aryl methyl sites for hydroxylation is 1. The van der Waals surface area contributed by atoms with Crippen molar-refractivity contribution in [3.8, 4) is 0 Å². The molecule has 0 aliphatic heterocycles. The number of anilines is 1. The lowest BCUT2D eigenvalue weighted by Gasteiger charge is -2.06. The van der Waals surface area contributed by atoms with Crippen LogP contribution >= 0.6 is 0 Å². The largest absolute Gasteiger partial charge is 0.400 e. The van der Waals surface area contributed by atoms with Gasteiger partial charge in [-0.25, -0.2) is 0 Å². The fraction of sp³-hybridized carbons (Fsp3) is 0.400. The number of hydrogen-bond acceptors (Lipinski definition) is 2. The Morgan fingerprint density at radius 3 is 2.17 bits per heavy atom. The Kier molecular flexibility index (Phi) is 5.13. The van der Waals surface area contributed by atoms with Crippen LogP contribution in [0.25, 0.3) is 0 Å². The van der Waals surface area contributed by atoms with Crippen LogP contribution in [0.3, 0.4) is 0 Å². The molecular weight excluding hydrogens is 150 g/mol. The van der Waals surface area contributed by atoms with Gasteiger partial charge < -0.3 is 10.4 Å². The first-order valence-electron chi connectivity index (χ1n) is 3.94. The van der Waals surface area contributed by atoms with Gasteiger partial charge in [-0.3, -0.25) is 0 Å². The molecule has 0 aliphatic rings. The summed E-state index contributed by atoms with van der Waals surface area (Å²) in [5.74, 6) is 0. The van der Waals surface area contributed by atoms with E-state index in [9.17, 15) is 0 Å². The van der Waals surface area contributed by atoms with Crippen LogP contribution in [-0.2, 0) is 0 Å². The quantitative estimate of drug-likeness (QED) is 0.670. The standard InChI is InChI=1S/C9H13N.CH4O/c1-7-5-4-6-9(10-3)8(7)2;1-2/h4-6,10H,1-3H3;2H,1H3. The van der Waals surface area contributed by atoms with Gasteiger partial charge in [0.15, 0.2) is 0 Å². The van der Waals surface area contributed by atoms with Crippen molar-refractivity contribution in [2.24, 2.45) is 0 Å². The van der Waals surface area contributed by atoms with Gasteiger partial charge in [-0.2, -0.15) is 0 Å². The molecule has 68 valence electrons. The molecule has 0 fully saturated rings. The minimum absolute atomic E-state index is 1.00. The second-order valence-corrected chi connectivity index (χ2v) is 2.50. The van der Waals surface area contributed by atoms with Crippen molar-refractivity contribution in [2.45, 2.75) is 13.8 Å². The minimum Gasteiger partial charge on any atom is -0.400 e. The maximum absolute atomic E-state index is 7.00. The number of hydrogen-bond donors (Lipinski definition) is 2. The topological polar surface area (TPSA) is 32.3 Å². The molecule has 0 radical (unpaired) electrons. The Morgan fingerprint density at radius 1 is 1.17 bits per heavy atom. The van der Waals surface area contributed by atoms with E-state index in [1.54, 1.807) is 0 Å². The van der Waals surface area contributed by atoms with Crippen LogP contribution in [0.1, 0.15) is 11.1 Å². The SMILES string of the molecule is CNc1cccc(C)c1C.CO. The van der Waals surface area contributed by atoms with E-state index in [0.717, 1.165) is 7.11 Å². The van der Waals surface area contributed by atoms with Crippen molar-refractivity contribution >= 4 is 5.69 Å². The van der Waals surface area contributed by atoms with Crippen molar-refractivity contribution in [3.63, 3.8) is 0 Å². The third-order valence-electron chi connectivity index (χ3n) is 1.87. The molecule has 0 aliphatic carbocycles. The summed E-state index contributed by atoms with van der Waals surface area (Å²) in [5, 5.41) is 10.1. The molecule has 0 saturated carbocycles. The van der Waals surface area contributed by atoms with Crippen molar-refractivity contribution in [3.05, 3.63) is 29.3 Å². The van der Waals surface area contributed by atoms with Gasteiger partial charge in [0.1, 0.15) is 0 Å². The summed E-state index contributed by atoms with van der Waals surface area (Å²) in [6.07, 6.45) is 0. The first-order chi connectivity index (χ1) is 5.75. The maximum atomic E-state index is 7.00. The molecule has 2 nitrogen and oxygen atoms in total. The molecule has 0 heterocycles. The second-order valence-electron chi connectivity index (χ2n) is 2.50. The predicted molar refractivity (Wildman–Crippen MR) is 53.6 cm³/mol. The Morgan fingerprint density at radius 2 is 1.75 bits per heavy atom. The van der Waals surface area contributed by atoms with Gasteiger partial charge in [0.05, 0.1) is 0 Å². The van der Waals surface area contributed by atoms with Crippen molar-refractivity contribution in [2.75, 3.05) is 19.5 Å². The van der Waals surface area contributed by atoms with Crippen molar-refractivity contribution in [1.82, 2.24) is 0 Å². The molecule has 0 amide bonds. The molecule has 1 aromatic rings. The first-order valence-corrected chi connectivity index (χ1v) is 3.94. The highest BCUT2D eigenvalue weighted by molar-refractivity contribution is 5.52. The zero-order valence-corrected chi connectivity index (χ0v) is 8.18. The van der Waals surface area contributed by atoms with E-state index in [2.05, 4.69) is 37.4 Å². The summed E-state index contributed by atoms with van der Waals surface area (Å²) in [4.78, 5) is 0. The molecule has 0 bridgehead atoms. The van der Waals surface area contributed by atoms with Crippen LogP contribution in [0.4, 0.5) is 5.69 Å². The van der Waals surface area contributed by atoms with E-state index in [-0.39, 0.29) is 0 Å². The predicted octanol–water partition coefficient (Wildman–Crippen LogP) is 1.95. The number of aliphatic hydroxyl groups is 1. The molecule has 2 heteroatoms. The normalized spacial score (nSPS) is 8.42. The number of benzene rings is 1. The zero-order valence-electron chi connectivity index (χ0n) is 8.18. The van der Waals surface area contributed by atoms with Gasteiger partial charge in [0.2, 0.25) is 0 Å². The van der Waals surface area contributed by atoms with E-state index < -0.39 is 0 Å². The highest BCUT2D eigenvalue weighted by atomic mass is 16.2. The first kappa shape index (κ1) is 11.0. The highest BCUT2D eigenvalue weighted by Crippen LogP contribution is 2.16. The van der Waals surface area contributed by atoms with Crippen LogP contribution in [0.5, 0.6) is 0 Å². The summed E-state index contributed by atoms with van der Waals surface area (Å²) in [6, 6.07) is 6.27. The summed E-state index contributed by atoms with van der Waals surface area (Å²) in [6.45, 7) is 4.25. The van der Waals surface area contributed by atoms with Crippen LogP contribution in [0.15, 0.2) is 18.2 Å². The van der Waals surface area contributed by atoms with Crippen molar-refractivity contribution < 1.29 is 5.11 Å². The summed E-state index contributed by atoms with van der Waals surface area (Å²) in [5.41, 5.74) is 3.90. The number of rotatable bonds is 1. The zero-order chi connectivity index (χ0) is 9.56. The van der Waals surface area contributed by atoms with E-state index in [1.165, 1.54) is 16.8 Å². The Labute approximate surface area is 74.2 Å². The van der Waals surface area contributed by atoms with Crippen molar-refractivity contribution in [1.29, 1.82) is 0 Å². The monoisotopic (exact) mass is 167 g/mol. The van der Waals surface area contributed by atoms with Gasteiger partial charge in [0, 0.05) is 19.8 Å². The van der Waals surface area contributed by atoms with Gasteiger partial charge >= 0.3 is 0 Å². The fourth-order valence-electron chi connectivity index (χ4n) is 1.02. The average molecular weight is 167 g/mol. The van der Waals surface area contributed by atoms with Crippen LogP contribution in [0.2, 0.25) is 0 Å². The molecule has 0 saturated heterocycles. The minimum atomic E-state index is 1.00.